The van der Waals surface area contributed by atoms with Crippen LogP contribution >= 0.6 is 27.3 Å². The Hall–Kier alpha value is -2.68. The number of nitrogens with zero attached hydrogens (tertiary/aromatic N) is 1. The smallest absolute Gasteiger partial charge is 0.341 e. The second-order valence-corrected chi connectivity index (χ2v) is 10.1. The summed E-state index contributed by atoms with van der Waals surface area (Å²) in [5.41, 5.74) is 3.26. The van der Waals surface area contributed by atoms with E-state index in [2.05, 4.69) is 21.2 Å². The number of likely N-dealkylation sites (N-methyl/N-ethyl adjacent to an activating group) is 1. The average molecular weight is 545 g/mol. The number of carbonyl (C=O) groups excluding carboxylic acids is 2. The van der Waals surface area contributed by atoms with Gasteiger partial charge in [-0.25, -0.2) is 4.79 Å². The van der Waals surface area contributed by atoms with Crippen LogP contribution in [0, 0.1) is 13.8 Å². The molecule has 3 rings (SSSR count). The van der Waals surface area contributed by atoms with E-state index in [-0.39, 0.29) is 19.1 Å². The summed E-state index contributed by atoms with van der Waals surface area (Å²) in [4.78, 5) is 28.4. The van der Waals surface area contributed by atoms with Crippen LogP contribution in [0.3, 0.4) is 0 Å². The van der Waals surface area contributed by atoms with Crippen LogP contribution in [0.25, 0.3) is 11.1 Å². The van der Waals surface area contributed by atoms with E-state index >= 15 is 0 Å². The summed E-state index contributed by atoms with van der Waals surface area (Å²) in [5.74, 6) is 0.139. The van der Waals surface area contributed by atoms with E-state index in [1.807, 2.05) is 74.3 Å². The normalized spacial score (nSPS) is 10.9. The molecule has 0 saturated carbocycles. The monoisotopic (exact) mass is 544 g/mol. The average Bonchev–Trinajstić information content (AvgIpc) is 3.11. The fourth-order valence-electron chi connectivity index (χ4n) is 3.44. The van der Waals surface area contributed by atoms with E-state index in [4.69, 9.17) is 9.47 Å². The van der Waals surface area contributed by atoms with Gasteiger partial charge in [-0.3, -0.25) is 9.69 Å². The van der Waals surface area contributed by atoms with Crippen LogP contribution in [0.4, 0.5) is 5.00 Å². The fourth-order valence-corrected chi connectivity index (χ4v) is 4.78. The van der Waals surface area contributed by atoms with Crippen molar-refractivity contribution in [3.63, 3.8) is 0 Å². The number of anilines is 1. The van der Waals surface area contributed by atoms with Crippen LogP contribution in [0.2, 0.25) is 0 Å². The van der Waals surface area contributed by atoms with Gasteiger partial charge in [0.05, 0.1) is 13.2 Å². The van der Waals surface area contributed by atoms with Crippen LogP contribution in [-0.4, -0.2) is 50.1 Å². The summed E-state index contributed by atoms with van der Waals surface area (Å²) in [6.45, 7) is 7.19. The number of aryl methyl sites for hydroxylation is 2. The summed E-state index contributed by atoms with van der Waals surface area (Å²) < 4.78 is 12.0. The Labute approximate surface area is 213 Å². The molecule has 0 fully saturated rings. The third kappa shape index (κ3) is 6.91. The van der Waals surface area contributed by atoms with Crippen LogP contribution < -0.4 is 10.1 Å². The maximum Gasteiger partial charge on any atom is 0.341 e. The topological polar surface area (TPSA) is 67.9 Å². The lowest BCUT2D eigenvalue weighted by Crippen LogP contribution is -2.33. The van der Waals surface area contributed by atoms with Crippen molar-refractivity contribution in [1.82, 2.24) is 4.90 Å². The standard InChI is InChI=1S/C26H29BrN2O4S/c1-5-32-26(31)24-23(19-8-6-17(2)7-9-19)18(3)34-25(24)28-22(30)16-29(4)14-15-33-21-12-10-20(27)11-13-21/h6-13H,5,14-16H2,1-4H3,(H,28,30). The van der Waals surface area contributed by atoms with Crippen molar-refractivity contribution in [2.24, 2.45) is 0 Å². The zero-order chi connectivity index (χ0) is 24.7. The number of carbonyl (C=O) groups is 2. The summed E-state index contributed by atoms with van der Waals surface area (Å²) in [6.07, 6.45) is 0. The van der Waals surface area contributed by atoms with Crippen LogP contribution in [0.15, 0.2) is 53.0 Å². The first-order valence-electron chi connectivity index (χ1n) is 11.0. The van der Waals surface area contributed by atoms with Crippen LogP contribution in [0.5, 0.6) is 5.75 Å². The van der Waals surface area contributed by atoms with Crippen molar-refractivity contribution in [3.8, 4) is 16.9 Å². The molecular weight excluding hydrogens is 516 g/mol. The Morgan fingerprint density at radius 2 is 1.74 bits per heavy atom. The van der Waals surface area contributed by atoms with Gasteiger partial charge in [-0.2, -0.15) is 0 Å². The summed E-state index contributed by atoms with van der Waals surface area (Å²) in [7, 11) is 1.86. The number of amides is 1. The van der Waals surface area contributed by atoms with E-state index in [0.717, 1.165) is 31.8 Å². The van der Waals surface area contributed by atoms with E-state index in [1.54, 1.807) is 6.92 Å². The number of thiophene rings is 1. The highest BCUT2D eigenvalue weighted by Crippen LogP contribution is 2.40. The van der Waals surface area contributed by atoms with Gasteiger partial charge in [0.1, 0.15) is 22.9 Å². The van der Waals surface area contributed by atoms with Crippen molar-refractivity contribution < 1.29 is 19.1 Å². The van der Waals surface area contributed by atoms with E-state index in [9.17, 15) is 9.59 Å². The molecular formula is C26H29BrN2O4S. The molecule has 0 aliphatic rings. The van der Waals surface area contributed by atoms with Crippen molar-refractivity contribution in [2.45, 2.75) is 20.8 Å². The molecule has 0 unspecified atom stereocenters. The molecule has 3 aromatic rings. The lowest BCUT2D eigenvalue weighted by atomic mass is 10.0. The molecule has 180 valence electrons. The van der Waals surface area contributed by atoms with Crippen molar-refractivity contribution in [3.05, 3.63) is 69.0 Å². The number of hydrogen-bond acceptors (Lipinski definition) is 6. The summed E-state index contributed by atoms with van der Waals surface area (Å²) >= 11 is 4.79. The highest BCUT2D eigenvalue weighted by atomic mass is 79.9. The van der Waals surface area contributed by atoms with Gasteiger partial charge in [-0.15, -0.1) is 11.3 Å². The first-order valence-corrected chi connectivity index (χ1v) is 12.6. The zero-order valence-electron chi connectivity index (χ0n) is 19.8. The number of benzene rings is 2. The minimum Gasteiger partial charge on any atom is -0.492 e. The summed E-state index contributed by atoms with van der Waals surface area (Å²) in [5, 5.41) is 3.44. The molecule has 0 radical (unpaired) electrons. The maximum atomic E-state index is 12.8. The number of esters is 1. The van der Waals surface area contributed by atoms with Crippen LogP contribution in [-0.2, 0) is 9.53 Å². The number of halogens is 1. The predicted octanol–water partition coefficient (Wildman–Crippen LogP) is 5.92. The Morgan fingerprint density at radius 3 is 2.38 bits per heavy atom. The maximum absolute atomic E-state index is 12.8. The number of ether oxygens (including phenoxy) is 2. The molecule has 1 N–H and O–H groups in total. The molecule has 0 aliphatic heterocycles. The lowest BCUT2D eigenvalue weighted by Gasteiger charge is -2.17. The Kier molecular flexibility index (Phi) is 9.27. The minimum absolute atomic E-state index is 0.169. The van der Waals surface area contributed by atoms with E-state index in [0.29, 0.717) is 23.7 Å². The van der Waals surface area contributed by atoms with Gasteiger partial charge in [0.25, 0.3) is 0 Å². The minimum atomic E-state index is -0.436. The largest absolute Gasteiger partial charge is 0.492 e. The Bertz CT molecular complexity index is 1130. The molecule has 1 heterocycles. The third-order valence-electron chi connectivity index (χ3n) is 5.13. The zero-order valence-corrected chi connectivity index (χ0v) is 22.2. The van der Waals surface area contributed by atoms with Crippen molar-refractivity contribution in [2.75, 3.05) is 38.7 Å². The predicted molar refractivity (Wildman–Crippen MR) is 141 cm³/mol. The van der Waals surface area contributed by atoms with Crippen LogP contribution in [0.1, 0.15) is 27.7 Å². The Morgan fingerprint density at radius 1 is 1.06 bits per heavy atom. The third-order valence-corrected chi connectivity index (χ3v) is 6.68. The SMILES string of the molecule is CCOC(=O)c1c(NC(=O)CN(C)CCOc2ccc(Br)cc2)sc(C)c1-c1ccc(C)cc1. The van der Waals surface area contributed by atoms with Crippen molar-refractivity contribution in [1.29, 1.82) is 0 Å². The van der Waals surface area contributed by atoms with Gasteiger partial charge >= 0.3 is 5.97 Å². The molecule has 34 heavy (non-hydrogen) atoms. The van der Waals surface area contributed by atoms with E-state index < -0.39 is 5.97 Å². The molecule has 0 spiro atoms. The highest BCUT2D eigenvalue weighted by molar-refractivity contribution is 9.10. The number of nitrogens with one attached hydrogen (secondary N) is 1. The summed E-state index contributed by atoms with van der Waals surface area (Å²) in [6, 6.07) is 15.6. The molecule has 1 amide bonds. The van der Waals surface area contributed by atoms with Gasteiger partial charge in [0.2, 0.25) is 5.91 Å². The number of hydrogen-bond donors (Lipinski definition) is 1. The molecule has 8 heteroatoms. The molecule has 2 aromatic carbocycles. The van der Waals surface area contributed by atoms with Gasteiger partial charge in [0.15, 0.2) is 0 Å². The van der Waals surface area contributed by atoms with Gasteiger partial charge < -0.3 is 14.8 Å². The second kappa shape index (κ2) is 12.1. The number of rotatable bonds is 10. The van der Waals surface area contributed by atoms with Gasteiger partial charge in [-0.05, 0) is 57.6 Å². The first-order chi connectivity index (χ1) is 16.3. The lowest BCUT2D eigenvalue weighted by molar-refractivity contribution is -0.117. The Balaban J connectivity index is 1.68. The quantitative estimate of drug-likeness (QED) is 0.321. The molecule has 0 atom stereocenters. The second-order valence-electron chi connectivity index (χ2n) is 7.91. The first kappa shape index (κ1) is 25.9. The molecule has 1 aromatic heterocycles. The van der Waals surface area contributed by atoms with Crippen molar-refractivity contribution >= 4 is 44.1 Å². The molecule has 0 aliphatic carbocycles. The molecule has 0 saturated heterocycles. The fraction of sp³-hybridized carbons (Fsp3) is 0.308. The highest BCUT2D eigenvalue weighted by Gasteiger charge is 2.25. The van der Waals surface area contributed by atoms with Gasteiger partial charge in [-0.1, -0.05) is 45.8 Å². The molecule has 0 bridgehead atoms. The van der Waals surface area contributed by atoms with E-state index in [1.165, 1.54) is 11.3 Å². The van der Waals surface area contributed by atoms with Gasteiger partial charge in [0, 0.05) is 21.5 Å². The molecule has 6 nitrogen and oxygen atoms in total.